The van der Waals surface area contributed by atoms with Gasteiger partial charge in [0.1, 0.15) is 0 Å². The molecule has 1 atom stereocenters. The normalized spacial score (nSPS) is 27.5. The van der Waals surface area contributed by atoms with E-state index in [0.717, 1.165) is 51.9 Å². The molecule has 0 aromatic rings. The van der Waals surface area contributed by atoms with E-state index in [0.29, 0.717) is 25.4 Å². The van der Waals surface area contributed by atoms with Crippen molar-refractivity contribution < 1.29 is 9.59 Å². The minimum absolute atomic E-state index is 0.239. The maximum atomic E-state index is 12.5. The molecule has 5 nitrogen and oxygen atoms in total. The topological polar surface area (TPSA) is 43.9 Å². The number of carbonyl (C=O) groups is 2. The van der Waals surface area contributed by atoms with Gasteiger partial charge in [-0.15, -0.1) is 0 Å². The van der Waals surface area contributed by atoms with E-state index >= 15 is 0 Å². The van der Waals surface area contributed by atoms with E-state index in [9.17, 15) is 9.59 Å². The van der Waals surface area contributed by atoms with Gasteiger partial charge in [-0.1, -0.05) is 6.42 Å². The summed E-state index contributed by atoms with van der Waals surface area (Å²) in [5.74, 6) is 0.480. The molecule has 124 valence electrons. The molecular weight excluding hydrogens is 278 g/mol. The van der Waals surface area contributed by atoms with Crippen molar-refractivity contribution in [3.05, 3.63) is 0 Å². The third-order valence-corrected chi connectivity index (χ3v) is 5.42. The van der Waals surface area contributed by atoms with Crippen LogP contribution in [0.3, 0.4) is 0 Å². The number of fused-ring (bicyclic) bond motifs is 1. The highest BCUT2D eigenvalue weighted by atomic mass is 16.2. The summed E-state index contributed by atoms with van der Waals surface area (Å²) >= 11 is 0. The van der Waals surface area contributed by atoms with Crippen molar-refractivity contribution in [1.82, 2.24) is 14.7 Å². The van der Waals surface area contributed by atoms with Crippen molar-refractivity contribution in [2.24, 2.45) is 0 Å². The van der Waals surface area contributed by atoms with Crippen LogP contribution in [0.25, 0.3) is 0 Å². The molecule has 0 aromatic heterocycles. The van der Waals surface area contributed by atoms with Crippen LogP contribution in [0.2, 0.25) is 0 Å². The molecule has 0 aromatic carbocycles. The Morgan fingerprint density at radius 1 is 1.00 bits per heavy atom. The van der Waals surface area contributed by atoms with Crippen molar-refractivity contribution in [2.45, 2.75) is 57.4 Å². The van der Waals surface area contributed by atoms with Crippen LogP contribution in [0.1, 0.15) is 51.4 Å². The molecule has 3 saturated heterocycles. The number of carbonyl (C=O) groups excluding carboxylic acids is 2. The molecular formula is C17H29N3O2. The average molecular weight is 307 g/mol. The smallest absolute Gasteiger partial charge is 0.224 e. The largest absolute Gasteiger partial charge is 0.342 e. The standard InChI is InChI=1S/C17H29N3O2/c21-16-7-2-1-3-9-19(16)13-8-17(22)20-12-5-11-18-10-4-6-15(18)14-20/h15H,1-14H2/t15-/m0/s1. The second kappa shape index (κ2) is 7.44. The van der Waals surface area contributed by atoms with Gasteiger partial charge in [0.2, 0.25) is 11.8 Å². The van der Waals surface area contributed by atoms with Gasteiger partial charge in [-0.3, -0.25) is 14.5 Å². The highest BCUT2D eigenvalue weighted by Crippen LogP contribution is 2.21. The van der Waals surface area contributed by atoms with E-state index < -0.39 is 0 Å². The molecule has 3 aliphatic heterocycles. The van der Waals surface area contributed by atoms with Crippen molar-refractivity contribution in [3.63, 3.8) is 0 Å². The minimum Gasteiger partial charge on any atom is -0.342 e. The fourth-order valence-electron chi connectivity index (χ4n) is 4.10. The third kappa shape index (κ3) is 3.80. The summed E-state index contributed by atoms with van der Waals surface area (Å²) in [6, 6.07) is 0.575. The Morgan fingerprint density at radius 3 is 2.77 bits per heavy atom. The van der Waals surface area contributed by atoms with Gasteiger partial charge in [0.25, 0.3) is 0 Å². The highest BCUT2D eigenvalue weighted by molar-refractivity contribution is 5.79. The maximum Gasteiger partial charge on any atom is 0.224 e. The lowest BCUT2D eigenvalue weighted by atomic mass is 10.2. The van der Waals surface area contributed by atoms with Crippen molar-refractivity contribution >= 4 is 11.8 Å². The lowest BCUT2D eigenvalue weighted by Gasteiger charge is -2.27. The van der Waals surface area contributed by atoms with Crippen molar-refractivity contribution in [1.29, 1.82) is 0 Å². The van der Waals surface area contributed by atoms with Crippen LogP contribution >= 0.6 is 0 Å². The first-order valence-corrected chi connectivity index (χ1v) is 9.03. The molecule has 0 N–H and O–H groups in total. The number of nitrogens with zero attached hydrogens (tertiary/aromatic N) is 3. The summed E-state index contributed by atoms with van der Waals surface area (Å²) in [5, 5.41) is 0. The Labute approximate surface area is 133 Å². The molecule has 3 rings (SSSR count). The first-order chi connectivity index (χ1) is 10.7. The quantitative estimate of drug-likeness (QED) is 0.793. The number of hydrogen-bond acceptors (Lipinski definition) is 3. The zero-order valence-corrected chi connectivity index (χ0v) is 13.6. The molecule has 22 heavy (non-hydrogen) atoms. The predicted molar refractivity (Wildman–Crippen MR) is 85.5 cm³/mol. The first kappa shape index (κ1) is 15.8. The van der Waals surface area contributed by atoms with Gasteiger partial charge < -0.3 is 9.80 Å². The Hall–Kier alpha value is -1.10. The van der Waals surface area contributed by atoms with Gasteiger partial charge in [0, 0.05) is 51.6 Å². The van der Waals surface area contributed by atoms with Crippen LogP contribution in [0.15, 0.2) is 0 Å². The van der Waals surface area contributed by atoms with Crippen LogP contribution < -0.4 is 0 Å². The van der Waals surface area contributed by atoms with E-state index in [1.165, 1.54) is 19.4 Å². The van der Waals surface area contributed by atoms with Gasteiger partial charge in [-0.2, -0.15) is 0 Å². The van der Waals surface area contributed by atoms with Crippen LogP contribution in [0, 0.1) is 0 Å². The molecule has 0 saturated carbocycles. The van der Waals surface area contributed by atoms with E-state index in [-0.39, 0.29) is 11.8 Å². The number of hydrogen-bond donors (Lipinski definition) is 0. The molecule has 0 aliphatic carbocycles. The Bertz CT molecular complexity index is 413. The summed E-state index contributed by atoms with van der Waals surface area (Å²) in [6.07, 6.45) is 7.98. The van der Waals surface area contributed by atoms with Crippen LogP contribution in [-0.4, -0.2) is 71.8 Å². The van der Waals surface area contributed by atoms with Crippen LogP contribution in [0.4, 0.5) is 0 Å². The lowest BCUT2D eigenvalue weighted by Crippen LogP contribution is -2.41. The predicted octanol–water partition coefficient (Wildman–Crippen LogP) is 1.48. The number of likely N-dealkylation sites (tertiary alicyclic amines) is 1. The summed E-state index contributed by atoms with van der Waals surface area (Å²) in [4.78, 5) is 31.1. The highest BCUT2D eigenvalue weighted by Gasteiger charge is 2.30. The van der Waals surface area contributed by atoms with Gasteiger partial charge in [0.15, 0.2) is 0 Å². The summed E-state index contributed by atoms with van der Waals surface area (Å²) in [6.45, 7) is 5.58. The Balaban J connectivity index is 1.49. The van der Waals surface area contributed by atoms with Crippen molar-refractivity contribution in [3.8, 4) is 0 Å². The molecule has 3 fully saturated rings. The number of amides is 2. The fraction of sp³-hybridized carbons (Fsp3) is 0.882. The van der Waals surface area contributed by atoms with Gasteiger partial charge >= 0.3 is 0 Å². The lowest BCUT2D eigenvalue weighted by molar-refractivity contribution is -0.134. The third-order valence-electron chi connectivity index (χ3n) is 5.42. The molecule has 3 aliphatic rings. The van der Waals surface area contributed by atoms with Crippen LogP contribution in [0.5, 0.6) is 0 Å². The second-order valence-corrected chi connectivity index (χ2v) is 6.97. The van der Waals surface area contributed by atoms with E-state index in [1.807, 2.05) is 4.90 Å². The van der Waals surface area contributed by atoms with E-state index in [1.54, 1.807) is 0 Å². The maximum absolute atomic E-state index is 12.5. The average Bonchev–Trinajstić information content (AvgIpc) is 2.72. The van der Waals surface area contributed by atoms with E-state index in [2.05, 4.69) is 9.80 Å². The second-order valence-electron chi connectivity index (χ2n) is 6.97. The van der Waals surface area contributed by atoms with Gasteiger partial charge in [0.05, 0.1) is 0 Å². The first-order valence-electron chi connectivity index (χ1n) is 9.03. The van der Waals surface area contributed by atoms with E-state index in [4.69, 9.17) is 0 Å². The minimum atomic E-state index is 0.239. The molecule has 0 unspecified atom stereocenters. The number of rotatable bonds is 3. The SMILES string of the molecule is O=C1CCCCCN1CCC(=O)N1CCCN2CCC[C@H]2C1. The fourth-order valence-corrected chi connectivity index (χ4v) is 4.10. The summed E-state index contributed by atoms with van der Waals surface area (Å²) in [7, 11) is 0. The van der Waals surface area contributed by atoms with Crippen molar-refractivity contribution in [2.75, 3.05) is 39.3 Å². The van der Waals surface area contributed by atoms with Crippen LogP contribution in [-0.2, 0) is 9.59 Å². The van der Waals surface area contributed by atoms with Gasteiger partial charge in [-0.25, -0.2) is 0 Å². The molecule has 5 heteroatoms. The molecule has 3 heterocycles. The Morgan fingerprint density at radius 2 is 1.86 bits per heavy atom. The monoisotopic (exact) mass is 307 g/mol. The summed E-state index contributed by atoms with van der Waals surface area (Å²) in [5.41, 5.74) is 0. The zero-order chi connectivity index (χ0) is 15.4. The molecule has 0 spiro atoms. The molecule has 2 amide bonds. The molecule has 0 bridgehead atoms. The Kier molecular flexibility index (Phi) is 5.34. The van der Waals surface area contributed by atoms with Gasteiger partial charge in [-0.05, 0) is 38.6 Å². The zero-order valence-electron chi connectivity index (χ0n) is 13.6. The molecule has 0 radical (unpaired) electrons. The summed E-state index contributed by atoms with van der Waals surface area (Å²) < 4.78 is 0.